The molecule has 416 valence electrons. The molecular weight excluding hydrogens is 863 g/mol. The zero-order chi connectivity index (χ0) is 50.7. The van der Waals surface area contributed by atoms with Crippen molar-refractivity contribution in [2.24, 2.45) is 0 Å². The molecule has 0 spiro atoms. The van der Waals surface area contributed by atoms with Gasteiger partial charge in [0.25, 0.3) is 0 Å². The summed E-state index contributed by atoms with van der Waals surface area (Å²) in [5, 5.41) is 23.4. The fourth-order valence-electron chi connectivity index (χ4n) is 10.2. The Kier molecular flexibility index (Phi) is 59.0. The number of unbranched alkanes of at least 4 members (excludes halogenated alkanes) is 47. The Bertz CT molecular complexity index is 1050. The van der Waals surface area contributed by atoms with Crippen LogP contribution in [0.4, 0.5) is 0 Å². The number of esters is 1. The van der Waals surface area contributed by atoms with Crippen LogP contribution >= 0.6 is 0 Å². The summed E-state index contributed by atoms with van der Waals surface area (Å²) in [5.41, 5.74) is 0. The number of nitrogens with one attached hydrogen (secondary N) is 1. The van der Waals surface area contributed by atoms with Crippen molar-refractivity contribution < 1.29 is 24.5 Å². The molecule has 0 rings (SSSR count). The number of carbonyl (C=O) groups excluding carboxylic acids is 2. The van der Waals surface area contributed by atoms with Crippen molar-refractivity contribution >= 4 is 11.9 Å². The van der Waals surface area contributed by atoms with Crippen molar-refractivity contribution in [3.8, 4) is 0 Å². The molecule has 0 aliphatic heterocycles. The molecule has 0 saturated heterocycles. The minimum absolute atomic E-state index is 0.00270. The molecule has 0 aromatic carbocycles. The van der Waals surface area contributed by atoms with Crippen molar-refractivity contribution in [3.05, 3.63) is 12.2 Å². The predicted octanol–water partition coefficient (Wildman–Crippen LogP) is 20.0. The summed E-state index contributed by atoms with van der Waals surface area (Å²) in [6.07, 6.45) is 72.3. The number of aliphatic hydroxyl groups is 2. The molecule has 0 radical (unpaired) electrons. The van der Waals surface area contributed by atoms with Gasteiger partial charge >= 0.3 is 5.97 Å². The molecule has 0 heterocycles. The van der Waals surface area contributed by atoms with Crippen LogP contribution in [0.5, 0.6) is 0 Å². The second-order valence-corrected chi connectivity index (χ2v) is 22.1. The minimum atomic E-state index is -0.668. The highest BCUT2D eigenvalue weighted by Crippen LogP contribution is 2.19. The van der Waals surface area contributed by atoms with E-state index in [9.17, 15) is 19.8 Å². The standard InChI is InChI=1S/C64H125NO5/c1-3-5-7-9-11-13-15-16-17-18-19-20-21-22-23-24-27-30-33-37-40-44-48-52-56-62(67)61(60-66)65-63(68)57-53-49-45-41-38-34-31-28-25-26-29-32-35-39-43-47-51-55-59-70-64(69)58-54-50-46-42-36-14-12-10-8-6-4-2/h10,12,61-62,66-67H,3-9,11,13-60H2,1-2H3,(H,65,68)/b12-10-. The summed E-state index contributed by atoms with van der Waals surface area (Å²) in [4.78, 5) is 24.5. The minimum Gasteiger partial charge on any atom is -0.466 e. The molecule has 1 amide bonds. The van der Waals surface area contributed by atoms with Gasteiger partial charge in [-0.2, -0.15) is 0 Å². The second kappa shape index (κ2) is 60.2. The van der Waals surface area contributed by atoms with Crippen molar-refractivity contribution in [1.82, 2.24) is 5.32 Å². The zero-order valence-electron chi connectivity index (χ0n) is 47.5. The Labute approximate surface area is 438 Å². The van der Waals surface area contributed by atoms with Gasteiger partial charge in [-0.3, -0.25) is 9.59 Å². The number of ether oxygens (including phenoxy) is 1. The quantitative estimate of drug-likeness (QED) is 0.0321. The van der Waals surface area contributed by atoms with Gasteiger partial charge in [0, 0.05) is 12.8 Å². The fourth-order valence-corrected chi connectivity index (χ4v) is 10.2. The van der Waals surface area contributed by atoms with Gasteiger partial charge in [0.15, 0.2) is 0 Å². The molecule has 0 aromatic rings. The lowest BCUT2D eigenvalue weighted by atomic mass is 10.0. The number of amides is 1. The average Bonchev–Trinajstić information content (AvgIpc) is 3.36. The van der Waals surface area contributed by atoms with E-state index in [4.69, 9.17) is 4.74 Å². The lowest BCUT2D eigenvalue weighted by Crippen LogP contribution is -2.45. The van der Waals surface area contributed by atoms with E-state index in [2.05, 4.69) is 31.3 Å². The highest BCUT2D eigenvalue weighted by atomic mass is 16.5. The number of hydrogen-bond donors (Lipinski definition) is 3. The smallest absolute Gasteiger partial charge is 0.305 e. The summed E-state index contributed by atoms with van der Waals surface area (Å²) in [7, 11) is 0. The summed E-state index contributed by atoms with van der Waals surface area (Å²) < 4.78 is 5.46. The molecule has 2 atom stereocenters. The van der Waals surface area contributed by atoms with Gasteiger partial charge in [0.1, 0.15) is 0 Å². The Morgan fingerprint density at radius 1 is 0.386 bits per heavy atom. The third-order valence-corrected chi connectivity index (χ3v) is 15.1. The zero-order valence-corrected chi connectivity index (χ0v) is 47.5. The number of carbonyl (C=O) groups is 2. The predicted molar refractivity (Wildman–Crippen MR) is 306 cm³/mol. The van der Waals surface area contributed by atoms with Gasteiger partial charge in [-0.15, -0.1) is 0 Å². The Morgan fingerprint density at radius 2 is 0.686 bits per heavy atom. The Morgan fingerprint density at radius 3 is 1.06 bits per heavy atom. The molecule has 0 aliphatic rings. The molecule has 6 nitrogen and oxygen atoms in total. The van der Waals surface area contributed by atoms with E-state index in [-0.39, 0.29) is 18.5 Å². The number of aliphatic hydroxyl groups excluding tert-OH is 2. The van der Waals surface area contributed by atoms with Crippen molar-refractivity contribution in [2.45, 2.75) is 373 Å². The van der Waals surface area contributed by atoms with E-state index in [1.54, 1.807) is 0 Å². The van der Waals surface area contributed by atoms with Crippen LogP contribution in [0, 0.1) is 0 Å². The SMILES string of the molecule is CCCC/C=C\CCCCCCCC(=O)OCCCCCCCCCCCCCCCCCCCCC(=O)NC(CO)C(O)CCCCCCCCCCCCCCCCCCCCCCCCCC. The maximum absolute atomic E-state index is 12.5. The first-order valence-corrected chi connectivity index (χ1v) is 31.9. The molecular formula is C64H125NO5. The van der Waals surface area contributed by atoms with Crippen LogP contribution < -0.4 is 5.32 Å². The van der Waals surface area contributed by atoms with Crippen molar-refractivity contribution in [1.29, 1.82) is 0 Å². The topological polar surface area (TPSA) is 95.9 Å². The molecule has 70 heavy (non-hydrogen) atoms. The average molecular weight is 989 g/mol. The van der Waals surface area contributed by atoms with E-state index >= 15 is 0 Å². The van der Waals surface area contributed by atoms with Gasteiger partial charge in [-0.05, 0) is 44.9 Å². The van der Waals surface area contributed by atoms with Gasteiger partial charge < -0.3 is 20.3 Å². The van der Waals surface area contributed by atoms with Crippen molar-refractivity contribution in [3.63, 3.8) is 0 Å². The van der Waals surface area contributed by atoms with E-state index in [0.29, 0.717) is 25.9 Å². The van der Waals surface area contributed by atoms with Crippen molar-refractivity contribution in [2.75, 3.05) is 13.2 Å². The number of hydrogen-bond acceptors (Lipinski definition) is 5. The molecule has 0 fully saturated rings. The normalized spacial score (nSPS) is 12.6. The maximum Gasteiger partial charge on any atom is 0.305 e. The van der Waals surface area contributed by atoms with Crippen LogP contribution in [0.25, 0.3) is 0 Å². The molecule has 0 bridgehead atoms. The summed E-state index contributed by atoms with van der Waals surface area (Å²) in [6.45, 7) is 4.94. The molecule has 3 N–H and O–H groups in total. The molecule has 0 aromatic heterocycles. The van der Waals surface area contributed by atoms with Gasteiger partial charge in [-0.1, -0.05) is 315 Å². The maximum atomic E-state index is 12.5. The summed E-state index contributed by atoms with van der Waals surface area (Å²) >= 11 is 0. The number of allylic oxidation sites excluding steroid dienone is 2. The van der Waals surface area contributed by atoms with Crippen LogP contribution in [-0.4, -0.2) is 47.4 Å². The fraction of sp³-hybridized carbons (Fsp3) is 0.938. The van der Waals surface area contributed by atoms with Gasteiger partial charge in [0.2, 0.25) is 5.91 Å². The Hall–Kier alpha value is -1.40. The lowest BCUT2D eigenvalue weighted by molar-refractivity contribution is -0.143. The monoisotopic (exact) mass is 988 g/mol. The third kappa shape index (κ3) is 55.9. The van der Waals surface area contributed by atoms with Crippen LogP contribution in [-0.2, 0) is 14.3 Å². The second-order valence-electron chi connectivity index (χ2n) is 22.1. The van der Waals surface area contributed by atoms with E-state index < -0.39 is 12.1 Å². The summed E-state index contributed by atoms with van der Waals surface area (Å²) in [5.74, 6) is -0.0374. The van der Waals surface area contributed by atoms with E-state index in [0.717, 1.165) is 44.9 Å². The van der Waals surface area contributed by atoms with E-state index in [1.807, 2.05) is 0 Å². The van der Waals surface area contributed by atoms with Crippen LogP contribution in [0.1, 0.15) is 361 Å². The molecule has 6 heteroatoms. The highest BCUT2D eigenvalue weighted by molar-refractivity contribution is 5.76. The largest absolute Gasteiger partial charge is 0.466 e. The first-order chi connectivity index (χ1) is 34.5. The van der Waals surface area contributed by atoms with Gasteiger partial charge in [0.05, 0.1) is 25.4 Å². The third-order valence-electron chi connectivity index (χ3n) is 15.1. The van der Waals surface area contributed by atoms with Gasteiger partial charge in [-0.25, -0.2) is 0 Å². The van der Waals surface area contributed by atoms with Crippen LogP contribution in [0.3, 0.4) is 0 Å². The highest BCUT2D eigenvalue weighted by Gasteiger charge is 2.20. The number of rotatable bonds is 60. The Balaban J connectivity index is 3.41. The van der Waals surface area contributed by atoms with E-state index in [1.165, 1.54) is 283 Å². The molecule has 2 unspecified atom stereocenters. The molecule has 0 saturated carbocycles. The first kappa shape index (κ1) is 68.6. The first-order valence-electron chi connectivity index (χ1n) is 31.9. The van der Waals surface area contributed by atoms with Crippen LogP contribution in [0.15, 0.2) is 12.2 Å². The molecule has 0 aliphatic carbocycles. The lowest BCUT2D eigenvalue weighted by Gasteiger charge is -2.22. The summed E-state index contributed by atoms with van der Waals surface area (Å²) in [6, 6.07) is -0.545. The van der Waals surface area contributed by atoms with Crippen LogP contribution in [0.2, 0.25) is 0 Å².